The second kappa shape index (κ2) is 6.52. The minimum Gasteiger partial charge on any atom is -0.354 e. The summed E-state index contributed by atoms with van der Waals surface area (Å²) in [7, 11) is 3.72. The summed E-state index contributed by atoms with van der Waals surface area (Å²) in [5, 5.41) is 28.2. The molecule has 8 heteroatoms. The summed E-state index contributed by atoms with van der Waals surface area (Å²) in [6, 6.07) is 11.8. The van der Waals surface area contributed by atoms with E-state index in [9.17, 15) is 15.3 Å². The van der Waals surface area contributed by atoms with Crippen LogP contribution in [0.15, 0.2) is 41.5 Å². The van der Waals surface area contributed by atoms with Crippen molar-refractivity contribution in [2.24, 2.45) is 20.0 Å². The van der Waals surface area contributed by atoms with Gasteiger partial charge in [-0.2, -0.15) is 10.5 Å². The Morgan fingerprint density at radius 2 is 1.89 bits per heavy atom. The monoisotopic (exact) mass is 388 g/mol. The summed E-state index contributed by atoms with van der Waals surface area (Å²) >= 11 is 1.19. The lowest BCUT2D eigenvalue weighted by Gasteiger charge is -2.26. The quantitative estimate of drug-likeness (QED) is 0.704. The molecular formula is C20H16N6OS. The third-order valence-corrected chi connectivity index (χ3v) is 6.17. The first kappa shape index (κ1) is 17.8. The standard InChI is InChI=1S/C20H16N6OS/c1-24-7-3-5-12(24)9-16-19(27)26-18(23)13(10-21)17(14(11-22)20(26)28-16)15-6-4-8-25(15)2/h3-9,13,17,23H,1-2H3. The molecule has 4 rings (SSSR count). The predicted molar refractivity (Wildman–Crippen MR) is 106 cm³/mol. The number of nitrogens with one attached hydrogen (secondary N) is 1. The maximum Gasteiger partial charge on any atom is 0.274 e. The Morgan fingerprint density at radius 1 is 1.18 bits per heavy atom. The van der Waals surface area contributed by atoms with E-state index in [4.69, 9.17) is 5.41 Å². The first-order valence-corrected chi connectivity index (χ1v) is 9.38. The van der Waals surface area contributed by atoms with Gasteiger partial charge in [0, 0.05) is 37.9 Å². The van der Waals surface area contributed by atoms with Crippen molar-refractivity contribution in [2.75, 3.05) is 0 Å². The zero-order chi connectivity index (χ0) is 20.0. The van der Waals surface area contributed by atoms with Gasteiger partial charge in [0.1, 0.15) is 16.4 Å². The van der Waals surface area contributed by atoms with Crippen LogP contribution in [0.3, 0.4) is 0 Å². The topological polar surface area (TPSA) is 103 Å². The molecular weight excluding hydrogens is 372 g/mol. The summed E-state index contributed by atoms with van der Waals surface area (Å²) in [6.07, 6.45) is 5.47. The number of nitrogens with zero attached hydrogens (tertiary/aromatic N) is 5. The first-order chi connectivity index (χ1) is 13.5. The van der Waals surface area contributed by atoms with E-state index in [2.05, 4.69) is 12.1 Å². The number of thiazole rings is 1. The molecule has 0 radical (unpaired) electrons. The molecule has 0 saturated heterocycles. The molecule has 28 heavy (non-hydrogen) atoms. The maximum absolute atomic E-state index is 13.0. The van der Waals surface area contributed by atoms with E-state index in [1.807, 2.05) is 59.9 Å². The maximum atomic E-state index is 13.0. The number of hydrogen-bond donors (Lipinski definition) is 1. The number of aryl methyl sites for hydroxylation is 2. The Labute approximate surface area is 164 Å². The number of hydrogen-bond acceptors (Lipinski definition) is 5. The largest absolute Gasteiger partial charge is 0.354 e. The molecule has 1 N–H and O–H groups in total. The highest BCUT2D eigenvalue weighted by molar-refractivity contribution is 7.07. The number of rotatable bonds is 2. The van der Waals surface area contributed by atoms with Crippen LogP contribution in [-0.2, 0) is 14.1 Å². The van der Waals surface area contributed by atoms with Crippen LogP contribution < -0.4 is 14.8 Å². The molecule has 3 aromatic rings. The van der Waals surface area contributed by atoms with Gasteiger partial charge in [-0.15, -0.1) is 11.3 Å². The van der Waals surface area contributed by atoms with E-state index in [-0.39, 0.29) is 11.4 Å². The van der Waals surface area contributed by atoms with Gasteiger partial charge in [0.25, 0.3) is 5.56 Å². The molecule has 0 spiro atoms. The summed E-state index contributed by atoms with van der Waals surface area (Å²) in [4.78, 5) is 13.0. The molecule has 0 aliphatic carbocycles. The van der Waals surface area contributed by atoms with Crippen LogP contribution in [0.5, 0.6) is 0 Å². The molecule has 0 aromatic carbocycles. The van der Waals surface area contributed by atoms with E-state index in [1.165, 1.54) is 15.9 Å². The second-order valence-electron chi connectivity index (χ2n) is 6.64. The van der Waals surface area contributed by atoms with Gasteiger partial charge in [-0.05, 0) is 30.3 Å². The van der Waals surface area contributed by atoms with Gasteiger partial charge < -0.3 is 9.13 Å². The number of nitriles is 2. The minimum atomic E-state index is -0.911. The van der Waals surface area contributed by atoms with Crippen LogP contribution in [0.2, 0.25) is 0 Å². The molecule has 2 unspecified atom stereocenters. The summed E-state index contributed by atoms with van der Waals surface area (Å²) in [5.74, 6) is -1.58. The zero-order valence-electron chi connectivity index (χ0n) is 15.2. The molecule has 138 valence electrons. The minimum absolute atomic E-state index is 0.0875. The molecule has 7 nitrogen and oxygen atoms in total. The van der Waals surface area contributed by atoms with Crippen molar-refractivity contribution in [3.63, 3.8) is 0 Å². The van der Waals surface area contributed by atoms with Crippen LogP contribution in [0.1, 0.15) is 17.3 Å². The molecule has 1 aliphatic rings. The summed E-state index contributed by atoms with van der Waals surface area (Å²) < 4.78 is 5.80. The summed E-state index contributed by atoms with van der Waals surface area (Å²) in [5.41, 5.74) is 1.59. The molecule has 0 amide bonds. The van der Waals surface area contributed by atoms with Crippen molar-refractivity contribution in [2.45, 2.75) is 5.92 Å². The SMILES string of the molecule is Cn1cccc1C=c1sc2n(c1=O)C(=N)C(C#N)C(c1cccn1C)C=2C#N. The lowest BCUT2D eigenvalue weighted by atomic mass is 9.82. The van der Waals surface area contributed by atoms with Crippen molar-refractivity contribution in [1.82, 2.24) is 13.7 Å². The fourth-order valence-electron chi connectivity index (χ4n) is 3.61. The Morgan fingerprint density at radius 3 is 2.46 bits per heavy atom. The van der Waals surface area contributed by atoms with E-state index < -0.39 is 11.8 Å². The van der Waals surface area contributed by atoms with Crippen molar-refractivity contribution in [3.8, 4) is 12.1 Å². The average Bonchev–Trinajstić information content (AvgIpc) is 3.36. The Bertz CT molecular complexity index is 1370. The van der Waals surface area contributed by atoms with Crippen molar-refractivity contribution in [1.29, 1.82) is 15.9 Å². The number of fused-ring (bicyclic) bond motifs is 1. The smallest absolute Gasteiger partial charge is 0.274 e. The molecule has 2 atom stereocenters. The Kier molecular flexibility index (Phi) is 4.14. The van der Waals surface area contributed by atoms with E-state index in [0.717, 1.165) is 11.4 Å². The van der Waals surface area contributed by atoms with Gasteiger partial charge in [0.05, 0.1) is 28.2 Å². The normalized spacial score (nSPS) is 19.4. The second-order valence-corrected chi connectivity index (χ2v) is 7.67. The van der Waals surface area contributed by atoms with E-state index in [1.54, 1.807) is 6.08 Å². The van der Waals surface area contributed by atoms with Gasteiger partial charge in [0.2, 0.25) is 0 Å². The highest BCUT2D eigenvalue weighted by atomic mass is 32.1. The van der Waals surface area contributed by atoms with Gasteiger partial charge in [0.15, 0.2) is 0 Å². The lowest BCUT2D eigenvalue weighted by Crippen LogP contribution is -2.46. The fourth-order valence-corrected chi connectivity index (χ4v) is 4.73. The molecule has 4 heterocycles. The van der Waals surface area contributed by atoms with Crippen LogP contribution in [0, 0.1) is 34.0 Å². The number of aromatic nitrogens is 3. The highest BCUT2D eigenvalue weighted by Crippen LogP contribution is 2.34. The molecule has 0 fully saturated rings. The van der Waals surface area contributed by atoms with Gasteiger partial charge >= 0.3 is 0 Å². The lowest BCUT2D eigenvalue weighted by molar-refractivity contribution is 0.662. The van der Waals surface area contributed by atoms with Crippen molar-refractivity contribution >= 4 is 28.8 Å². The van der Waals surface area contributed by atoms with Gasteiger partial charge in [-0.3, -0.25) is 14.8 Å². The van der Waals surface area contributed by atoms with Crippen molar-refractivity contribution in [3.05, 3.63) is 67.6 Å². The van der Waals surface area contributed by atoms with E-state index in [0.29, 0.717) is 14.8 Å². The Balaban J connectivity index is 2.08. The third-order valence-electron chi connectivity index (χ3n) is 5.06. The van der Waals surface area contributed by atoms with Crippen LogP contribution in [-0.4, -0.2) is 19.5 Å². The van der Waals surface area contributed by atoms with Crippen molar-refractivity contribution < 1.29 is 0 Å². The highest BCUT2D eigenvalue weighted by Gasteiger charge is 2.39. The molecule has 0 bridgehead atoms. The average molecular weight is 388 g/mol. The zero-order valence-corrected chi connectivity index (χ0v) is 16.1. The third kappa shape index (κ3) is 2.47. The molecule has 3 aromatic heterocycles. The molecule has 1 aliphatic heterocycles. The van der Waals surface area contributed by atoms with Crippen LogP contribution in [0.4, 0.5) is 0 Å². The summed E-state index contributed by atoms with van der Waals surface area (Å²) in [6.45, 7) is 0. The van der Waals surface area contributed by atoms with Gasteiger partial charge in [-0.1, -0.05) is 0 Å². The van der Waals surface area contributed by atoms with Crippen LogP contribution >= 0.6 is 11.3 Å². The fraction of sp³-hybridized carbons (Fsp3) is 0.200. The van der Waals surface area contributed by atoms with E-state index >= 15 is 0 Å². The first-order valence-electron chi connectivity index (χ1n) is 8.56. The Hall–Kier alpha value is -3.62. The molecule has 0 saturated carbocycles. The predicted octanol–water partition coefficient (Wildman–Crippen LogP) is 0.852. The van der Waals surface area contributed by atoms with Gasteiger partial charge in [-0.25, -0.2) is 0 Å². The van der Waals surface area contributed by atoms with Crippen LogP contribution in [0.25, 0.3) is 11.6 Å².